The first-order valence-corrected chi connectivity index (χ1v) is 9.51. The van der Waals surface area contributed by atoms with Crippen LogP contribution in [0.5, 0.6) is 5.75 Å². The molecular weight excluding hydrogens is 388 g/mol. The van der Waals surface area contributed by atoms with Crippen LogP contribution in [0.3, 0.4) is 0 Å². The summed E-state index contributed by atoms with van der Waals surface area (Å²) in [5.41, 5.74) is 0.906. The van der Waals surface area contributed by atoms with Crippen LogP contribution in [0.4, 0.5) is 5.69 Å². The van der Waals surface area contributed by atoms with Crippen molar-refractivity contribution in [3.05, 3.63) is 45.1 Å². The number of guanidine groups is 1. The number of nitrogens with one attached hydrogen (secondary N) is 1. The van der Waals surface area contributed by atoms with E-state index >= 15 is 0 Å². The Kier molecular flexibility index (Phi) is 5.63. The minimum absolute atomic E-state index is 0.344. The zero-order valence-corrected chi connectivity index (χ0v) is 16.0. The van der Waals surface area contributed by atoms with Crippen LogP contribution in [0, 0.1) is 0 Å². The maximum atomic E-state index is 10.0. The topological polar surface area (TPSA) is 51.1 Å². The number of thiophene rings is 1. The third-order valence-electron chi connectivity index (χ3n) is 4.06. The van der Waals surface area contributed by atoms with Gasteiger partial charge in [0.15, 0.2) is 5.96 Å². The van der Waals surface area contributed by atoms with Gasteiger partial charge in [0.25, 0.3) is 0 Å². The summed E-state index contributed by atoms with van der Waals surface area (Å²) in [4.78, 5) is 10.2. The molecule has 1 aromatic carbocycles. The summed E-state index contributed by atoms with van der Waals surface area (Å²) < 4.78 is 1.14. The van der Waals surface area contributed by atoms with Crippen molar-refractivity contribution in [2.45, 2.75) is 6.54 Å². The fraction of sp³-hybridized carbons (Fsp3) is 0.353. The first kappa shape index (κ1) is 17.1. The molecule has 1 aliphatic rings. The van der Waals surface area contributed by atoms with Gasteiger partial charge in [0.2, 0.25) is 0 Å². The first-order valence-electron chi connectivity index (χ1n) is 7.90. The number of phenols is 1. The highest BCUT2D eigenvalue weighted by atomic mass is 79.9. The van der Waals surface area contributed by atoms with Gasteiger partial charge in [0.05, 0.1) is 16.0 Å². The Hall–Kier alpha value is -1.73. The number of hydrogen-bond acceptors (Lipinski definition) is 4. The van der Waals surface area contributed by atoms with E-state index in [4.69, 9.17) is 0 Å². The van der Waals surface area contributed by atoms with Gasteiger partial charge < -0.3 is 20.2 Å². The van der Waals surface area contributed by atoms with E-state index in [-0.39, 0.29) is 0 Å². The highest BCUT2D eigenvalue weighted by molar-refractivity contribution is 9.11. The predicted molar refractivity (Wildman–Crippen MR) is 104 cm³/mol. The lowest BCUT2D eigenvalue weighted by molar-refractivity contribution is 0.370. The molecule has 0 atom stereocenters. The van der Waals surface area contributed by atoms with E-state index in [1.54, 1.807) is 17.4 Å². The number of phenolic OH excluding ortho intramolecular Hbond substituents is 1. The molecule has 2 N–H and O–H groups in total. The molecule has 1 saturated heterocycles. The third kappa shape index (κ3) is 4.02. The van der Waals surface area contributed by atoms with Crippen molar-refractivity contribution in [1.82, 2.24) is 10.2 Å². The number of aromatic hydroxyl groups is 1. The highest BCUT2D eigenvalue weighted by Gasteiger charge is 2.21. The molecule has 128 valence electrons. The SMILES string of the molecule is CN=C(NCc1ccc(Br)s1)N1CCN(c2ccccc2O)CC1. The summed E-state index contributed by atoms with van der Waals surface area (Å²) in [6.07, 6.45) is 0. The second kappa shape index (κ2) is 7.90. The molecule has 0 amide bonds. The molecule has 0 radical (unpaired) electrons. The molecular formula is C17H21BrN4OS. The van der Waals surface area contributed by atoms with Crippen LogP contribution in [0.2, 0.25) is 0 Å². The summed E-state index contributed by atoms with van der Waals surface area (Å²) in [5, 5.41) is 13.4. The van der Waals surface area contributed by atoms with E-state index in [0.29, 0.717) is 5.75 Å². The highest BCUT2D eigenvalue weighted by Crippen LogP contribution is 2.27. The van der Waals surface area contributed by atoms with Gasteiger partial charge in [-0.25, -0.2) is 0 Å². The maximum Gasteiger partial charge on any atom is 0.194 e. The average molecular weight is 409 g/mol. The Bertz CT molecular complexity index is 710. The Labute approximate surface area is 154 Å². The number of rotatable bonds is 3. The summed E-state index contributed by atoms with van der Waals surface area (Å²) in [7, 11) is 1.82. The molecule has 1 fully saturated rings. The lowest BCUT2D eigenvalue weighted by atomic mass is 10.2. The van der Waals surface area contributed by atoms with Gasteiger partial charge in [-0.1, -0.05) is 12.1 Å². The molecule has 2 aromatic rings. The molecule has 5 nitrogen and oxygen atoms in total. The quantitative estimate of drug-likeness (QED) is 0.604. The second-order valence-corrected chi connectivity index (χ2v) is 8.12. The Morgan fingerprint density at radius 1 is 1.21 bits per heavy atom. The molecule has 0 aliphatic carbocycles. The molecule has 24 heavy (non-hydrogen) atoms. The van der Waals surface area contributed by atoms with E-state index in [9.17, 15) is 5.11 Å². The van der Waals surface area contributed by atoms with Gasteiger partial charge in [-0.2, -0.15) is 0 Å². The number of anilines is 1. The number of para-hydroxylation sites is 2. The molecule has 0 bridgehead atoms. The van der Waals surface area contributed by atoms with E-state index in [0.717, 1.165) is 48.2 Å². The molecule has 0 unspecified atom stereocenters. The van der Waals surface area contributed by atoms with E-state index in [1.807, 2.05) is 25.2 Å². The lowest BCUT2D eigenvalue weighted by Crippen LogP contribution is -2.52. The number of nitrogens with zero attached hydrogens (tertiary/aromatic N) is 3. The summed E-state index contributed by atoms with van der Waals surface area (Å²) in [6, 6.07) is 11.7. The van der Waals surface area contributed by atoms with Crippen molar-refractivity contribution in [3.8, 4) is 5.75 Å². The molecule has 2 heterocycles. The van der Waals surface area contributed by atoms with Crippen molar-refractivity contribution in [2.75, 3.05) is 38.1 Å². The Morgan fingerprint density at radius 2 is 1.96 bits per heavy atom. The van der Waals surface area contributed by atoms with E-state index in [2.05, 4.69) is 48.2 Å². The first-order chi connectivity index (χ1) is 11.7. The van der Waals surface area contributed by atoms with Crippen molar-refractivity contribution in [1.29, 1.82) is 0 Å². The third-order valence-corrected chi connectivity index (χ3v) is 5.69. The Balaban J connectivity index is 1.55. The molecule has 3 rings (SSSR count). The van der Waals surface area contributed by atoms with Crippen LogP contribution >= 0.6 is 27.3 Å². The lowest BCUT2D eigenvalue weighted by Gasteiger charge is -2.37. The van der Waals surface area contributed by atoms with Crippen LogP contribution in [0.1, 0.15) is 4.88 Å². The fourth-order valence-corrected chi connectivity index (χ4v) is 4.26. The number of hydrogen-bond donors (Lipinski definition) is 2. The molecule has 0 saturated carbocycles. The average Bonchev–Trinajstić information content (AvgIpc) is 3.02. The predicted octanol–water partition coefficient (Wildman–Crippen LogP) is 3.11. The minimum atomic E-state index is 0.344. The van der Waals surface area contributed by atoms with Crippen LogP contribution < -0.4 is 10.2 Å². The minimum Gasteiger partial charge on any atom is -0.506 e. The number of halogens is 1. The summed E-state index contributed by atoms with van der Waals surface area (Å²) >= 11 is 5.22. The molecule has 1 aromatic heterocycles. The molecule has 7 heteroatoms. The van der Waals surface area contributed by atoms with Gasteiger partial charge >= 0.3 is 0 Å². The van der Waals surface area contributed by atoms with Crippen LogP contribution in [-0.4, -0.2) is 49.2 Å². The smallest absolute Gasteiger partial charge is 0.194 e. The Morgan fingerprint density at radius 3 is 2.58 bits per heavy atom. The van der Waals surface area contributed by atoms with E-state index < -0.39 is 0 Å². The monoisotopic (exact) mass is 408 g/mol. The van der Waals surface area contributed by atoms with E-state index in [1.165, 1.54) is 4.88 Å². The van der Waals surface area contributed by atoms with Crippen LogP contribution in [0.25, 0.3) is 0 Å². The van der Waals surface area contributed by atoms with Crippen molar-refractivity contribution < 1.29 is 5.11 Å². The maximum absolute atomic E-state index is 10.0. The normalized spacial score (nSPS) is 15.7. The zero-order chi connectivity index (χ0) is 16.9. The summed E-state index contributed by atoms with van der Waals surface area (Å²) in [5.74, 6) is 1.27. The standard InChI is InChI=1S/C17H21BrN4OS/c1-19-17(20-12-13-6-7-16(18)24-13)22-10-8-21(9-11-22)14-4-2-3-5-15(14)23/h2-7,23H,8-12H2,1H3,(H,19,20). The van der Waals surface area contributed by atoms with Crippen LogP contribution in [0.15, 0.2) is 45.2 Å². The molecule has 1 aliphatic heterocycles. The van der Waals surface area contributed by atoms with Gasteiger partial charge in [0, 0.05) is 38.1 Å². The number of benzene rings is 1. The zero-order valence-electron chi connectivity index (χ0n) is 13.6. The van der Waals surface area contributed by atoms with Crippen molar-refractivity contribution in [2.24, 2.45) is 4.99 Å². The summed E-state index contributed by atoms with van der Waals surface area (Å²) in [6.45, 7) is 4.26. The van der Waals surface area contributed by atoms with Gasteiger partial charge in [-0.3, -0.25) is 4.99 Å². The van der Waals surface area contributed by atoms with Gasteiger partial charge in [-0.15, -0.1) is 11.3 Å². The van der Waals surface area contributed by atoms with Crippen molar-refractivity contribution >= 4 is 38.9 Å². The largest absolute Gasteiger partial charge is 0.506 e. The van der Waals surface area contributed by atoms with Crippen molar-refractivity contribution in [3.63, 3.8) is 0 Å². The molecule has 0 spiro atoms. The number of aliphatic imine (C=N–C) groups is 1. The van der Waals surface area contributed by atoms with Gasteiger partial charge in [-0.05, 0) is 40.2 Å². The second-order valence-electron chi connectivity index (χ2n) is 5.57. The number of piperazine rings is 1. The van der Waals surface area contributed by atoms with Gasteiger partial charge in [0.1, 0.15) is 5.75 Å². The fourth-order valence-electron chi connectivity index (χ4n) is 2.84. The van der Waals surface area contributed by atoms with Crippen LogP contribution in [-0.2, 0) is 6.54 Å².